The van der Waals surface area contributed by atoms with Crippen molar-refractivity contribution in [3.05, 3.63) is 76.2 Å². The van der Waals surface area contributed by atoms with Crippen molar-refractivity contribution in [2.45, 2.75) is 45.8 Å². The van der Waals surface area contributed by atoms with Gasteiger partial charge >= 0.3 is 6.09 Å². The summed E-state index contributed by atoms with van der Waals surface area (Å²) in [5.74, 6) is -0.725. The maximum Gasteiger partial charge on any atom is 0.410 e. The monoisotopic (exact) mass is 592 g/mol. The Labute approximate surface area is 247 Å². The van der Waals surface area contributed by atoms with Gasteiger partial charge in [-0.05, 0) is 75.4 Å². The van der Waals surface area contributed by atoms with E-state index in [0.29, 0.717) is 42.3 Å². The van der Waals surface area contributed by atoms with E-state index in [1.54, 1.807) is 35.4 Å². The van der Waals surface area contributed by atoms with Crippen LogP contribution in [0.15, 0.2) is 53.5 Å². The topological polar surface area (TPSA) is 111 Å². The molecule has 43 heavy (non-hydrogen) atoms. The third-order valence-electron chi connectivity index (χ3n) is 7.12. The molecule has 5 rings (SSSR count). The molecule has 1 amide bonds. The fourth-order valence-electron chi connectivity index (χ4n) is 4.97. The van der Waals surface area contributed by atoms with Gasteiger partial charge in [0.15, 0.2) is 11.5 Å². The van der Waals surface area contributed by atoms with Crippen molar-refractivity contribution in [1.29, 1.82) is 0 Å². The molecule has 0 atom stereocenters. The summed E-state index contributed by atoms with van der Waals surface area (Å²) in [6.45, 7) is 6.96. The summed E-state index contributed by atoms with van der Waals surface area (Å²) in [5, 5.41) is 3.19. The Bertz CT molecular complexity index is 1660. The van der Waals surface area contributed by atoms with Crippen molar-refractivity contribution in [2.24, 2.45) is 5.92 Å². The number of rotatable bonds is 7. The van der Waals surface area contributed by atoms with E-state index in [0.717, 1.165) is 18.9 Å². The van der Waals surface area contributed by atoms with Gasteiger partial charge in [0, 0.05) is 43.5 Å². The molecule has 0 saturated carbocycles. The fourth-order valence-corrected chi connectivity index (χ4v) is 4.97. The first-order chi connectivity index (χ1) is 20.5. The highest BCUT2D eigenvalue weighted by atomic mass is 19.1. The summed E-state index contributed by atoms with van der Waals surface area (Å²) in [4.78, 5) is 41.3. The fraction of sp³-hybridized carbons (Fsp3) is 0.387. The second-order valence-corrected chi connectivity index (χ2v) is 11.5. The van der Waals surface area contributed by atoms with Gasteiger partial charge in [-0.2, -0.15) is 0 Å². The Morgan fingerprint density at radius 1 is 1.05 bits per heavy atom. The minimum atomic E-state index is -0.740. The normalized spacial score (nSPS) is 14.1. The molecular formula is C31H34F2N6O4. The number of hydrogen-bond donors (Lipinski definition) is 1. The second kappa shape index (κ2) is 12.3. The number of ether oxygens (including phenoxy) is 2. The first-order valence-electron chi connectivity index (χ1n) is 14.1. The number of halogens is 2. The van der Waals surface area contributed by atoms with Crippen LogP contribution in [0.3, 0.4) is 0 Å². The van der Waals surface area contributed by atoms with Crippen molar-refractivity contribution in [2.75, 3.05) is 32.1 Å². The zero-order valence-electron chi connectivity index (χ0n) is 24.6. The molecule has 0 radical (unpaired) electrons. The van der Waals surface area contributed by atoms with Crippen LogP contribution in [-0.4, -0.2) is 62.9 Å². The lowest BCUT2D eigenvalue weighted by molar-refractivity contribution is 0.0188. The highest BCUT2D eigenvalue weighted by Crippen LogP contribution is 2.23. The van der Waals surface area contributed by atoms with E-state index in [2.05, 4.69) is 15.3 Å². The van der Waals surface area contributed by atoms with Gasteiger partial charge in [-0.25, -0.2) is 28.5 Å². The lowest BCUT2D eigenvalue weighted by atomic mass is 9.97. The zero-order valence-corrected chi connectivity index (χ0v) is 24.6. The third kappa shape index (κ3) is 7.25. The van der Waals surface area contributed by atoms with Crippen molar-refractivity contribution in [3.63, 3.8) is 0 Å². The van der Waals surface area contributed by atoms with Crippen LogP contribution in [-0.2, 0) is 11.3 Å². The van der Waals surface area contributed by atoms with Gasteiger partial charge in [0.25, 0.3) is 5.56 Å². The predicted octanol–water partition coefficient (Wildman–Crippen LogP) is 5.25. The van der Waals surface area contributed by atoms with Gasteiger partial charge in [-0.3, -0.25) is 9.36 Å². The molecule has 1 fully saturated rings. The van der Waals surface area contributed by atoms with Crippen molar-refractivity contribution >= 4 is 23.1 Å². The number of carbonyl (C=O) groups is 1. The Balaban J connectivity index is 1.41. The molecular weight excluding hydrogens is 558 g/mol. The van der Waals surface area contributed by atoms with E-state index in [4.69, 9.17) is 14.5 Å². The molecule has 1 aliphatic heterocycles. The molecule has 0 spiro atoms. The summed E-state index contributed by atoms with van der Waals surface area (Å²) in [7, 11) is 1.52. The molecule has 10 nitrogen and oxygen atoms in total. The van der Waals surface area contributed by atoms with E-state index in [1.165, 1.54) is 23.8 Å². The number of aromatic nitrogens is 4. The minimum absolute atomic E-state index is 0.111. The summed E-state index contributed by atoms with van der Waals surface area (Å²) in [6.07, 6.45) is 2.74. The van der Waals surface area contributed by atoms with E-state index in [9.17, 15) is 18.4 Å². The molecule has 0 bridgehead atoms. The second-order valence-electron chi connectivity index (χ2n) is 11.5. The average molecular weight is 593 g/mol. The maximum atomic E-state index is 14.0. The van der Waals surface area contributed by atoms with E-state index >= 15 is 0 Å². The summed E-state index contributed by atoms with van der Waals surface area (Å²) >= 11 is 0. The molecule has 1 saturated heterocycles. The number of likely N-dealkylation sites (tertiary alicyclic amines) is 1. The number of carbonyl (C=O) groups excluding carboxylic acids is 1. The number of hydrogen-bond acceptors (Lipinski definition) is 8. The minimum Gasteiger partial charge on any atom is -0.481 e. The summed E-state index contributed by atoms with van der Waals surface area (Å²) in [5.41, 5.74) is 1.17. The average Bonchev–Trinajstić information content (AvgIpc) is 2.96. The molecule has 3 aromatic heterocycles. The van der Waals surface area contributed by atoms with Crippen molar-refractivity contribution < 1.29 is 23.0 Å². The number of pyridine rings is 2. The van der Waals surface area contributed by atoms with Crippen LogP contribution in [0.1, 0.15) is 39.2 Å². The molecule has 12 heteroatoms. The van der Waals surface area contributed by atoms with Gasteiger partial charge in [0.1, 0.15) is 22.8 Å². The smallest absolute Gasteiger partial charge is 0.410 e. The number of nitrogens with one attached hydrogen (secondary N) is 1. The number of fused-ring (bicyclic) bond motifs is 1. The Hall–Kier alpha value is -4.61. The molecule has 4 aromatic rings. The number of benzene rings is 1. The number of amides is 1. The van der Waals surface area contributed by atoms with Gasteiger partial charge in [0.2, 0.25) is 5.88 Å². The SMILES string of the molecule is COc1ccc(-c2ccc3nc(NCC4CCN(C(=O)OC(C)(C)C)CC4)c(=O)n(Cc4cc(F)cc(F)c4)c3n2)cn1. The van der Waals surface area contributed by atoms with E-state index in [-0.39, 0.29) is 35.6 Å². The molecule has 1 aromatic carbocycles. The molecule has 1 N–H and O–H groups in total. The standard InChI is InChI=1S/C31H34F2N6O4/c1-31(2,3)43-30(41)38-11-9-19(10-12-38)16-35-27-29(40)39(18-20-13-22(32)15-23(33)14-20)28-25(36-27)7-6-24(37-28)21-5-8-26(42-4)34-17-21/h5-8,13-15,17,19H,9-12,16,18H2,1-4H3,(H,35,36). The van der Waals surface area contributed by atoms with Crippen molar-refractivity contribution in [1.82, 2.24) is 24.4 Å². The van der Waals surface area contributed by atoms with Crippen LogP contribution in [0.5, 0.6) is 5.88 Å². The van der Waals surface area contributed by atoms with E-state index in [1.807, 2.05) is 20.8 Å². The van der Waals surface area contributed by atoms with Crippen LogP contribution in [0.2, 0.25) is 0 Å². The number of piperidine rings is 1. The zero-order chi connectivity index (χ0) is 30.7. The first-order valence-corrected chi connectivity index (χ1v) is 14.1. The molecule has 1 aliphatic rings. The molecule has 4 heterocycles. The quantitative estimate of drug-likeness (QED) is 0.310. The van der Waals surface area contributed by atoms with Gasteiger partial charge in [-0.1, -0.05) is 0 Å². The molecule has 0 aliphatic carbocycles. The lowest BCUT2D eigenvalue weighted by Crippen LogP contribution is -2.42. The number of anilines is 1. The van der Waals surface area contributed by atoms with E-state index < -0.39 is 22.8 Å². The van der Waals surface area contributed by atoms with Crippen LogP contribution in [0.4, 0.5) is 19.4 Å². The van der Waals surface area contributed by atoms with Gasteiger partial charge < -0.3 is 19.7 Å². The highest BCUT2D eigenvalue weighted by molar-refractivity contribution is 5.76. The molecule has 0 unspecified atom stereocenters. The Morgan fingerprint density at radius 2 is 1.77 bits per heavy atom. The van der Waals surface area contributed by atoms with Gasteiger partial charge in [-0.15, -0.1) is 0 Å². The Morgan fingerprint density at radius 3 is 2.40 bits per heavy atom. The number of methoxy groups -OCH3 is 1. The Kier molecular flexibility index (Phi) is 8.56. The summed E-state index contributed by atoms with van der Waals surface area (Å²) < 4.78 is 40.1. The maximum absolute atomic E-state index is 14.0. The van der Waals surface area contributed by atoms with Gasteiger partial charge in [0.05, 0.1) is 19.3 Å². The van der Waals surface area contributed by atoms with Crippen LogP contribution in [0.25, 0.3) is 22.4 Å². The summed E-state index contributed by atoms with van der Waals surface area (Å²) in [6, 6.07) is 10.2. The van der Waals surface area contributed by atoms with Crippen LogP contribution < -0.4 is 15.6 Å². The third-order valence-corrected chi connectivity index (χ3v) is 7.12. The number of nitrogens with zero attached hydrogens (tertiary/aromatic N) is 5. The van der Waals surface area contributed by atoms with Crippen molar-refractivity contribution in [3.8, 4) is 17.1 Å². The highest BCUT2D eigenvalue weighted by Gasteiger charge is 2.27. The van der Waals surface area contributed by atoms with Crippen LogP contribution >= 0.6 is 0 Å². The van der Waals surface area contributed by atoms with Crippen LogP contribution in [0, 0.1) is 17.6 Å². The largest absolute Gasteiger partial charge is 0.481 e. The lowest BCUT2D eigenvalue weighted by Gasteiger charge is -2.33. The first kappa shape index (κ1) is 29.9. The predicted molar refractivity (Wildman–Crippen MR) is 158 cm³/mol. The molecule has 226 valence electrons.